The van der Waals surface area contributed by atoms with Crippen LogP contribution in [-0.2, 0) is 4.74 Å². The van der Waals surface area contributed by atoms with Gasteiger partial charge in [0.1, 0.15) is 0 Å². The molecule has 0 aromatic heterocycles. The largest absolute Gasteiger partial charge is 0.381 e. The van der Waals surface area contributed by atoms with Crippen molar-refractivity contribution < 1.29 is 4.74 Å². The molecular formula is C15H21Br2NO. The van der Waals surface area contributed by atoms with E-state index in [4.69, 9.17) is 4.74 Å². The number of hydrogen-bond donors (Lipinski definition) is 1. The Hall–Kier alpha value is 0.1000. The summed E-state index contributed by atoms with van der Waals surface area (Å²) in [6, 6.07) is 6.83. The Bertz CT molecular complexity index is 405. The van der Waals surface area contributed by atoms with Crippen molar-refractivity contribution in [3.05, 3.63) is 32.7 Å². The maximum Gasteiger partial charge on any atom is 0.0468 e. The molecule has 1 aromatic rings. The molecule has 1 N–H and O–H groups in total. The van der Waals surface area contributed by atoms with Gasteiger partial charge in [0.15, 0.2) is 0 Å². The molecule has 1 atom stereocenters. The zero-order valence-electron chi connectivity index (χ0n) is 11.3. The third-order valence-electron chi connectivity index (χ3n) is 3.69. The first-order valence-corrected chi connectivity index (χ1v) is 8.55. The van der Waals surface area contributed by atoms with Gasteiger partial charge in [-0.3, -0.25) is 0 Å². The smallest absolute Gasteiger partial charge is 0.0468 e. The van der Waals surface area contributed by atoms with Crippen LogP contribution in [0.25, 0.3) is 0 Å². The molecule has 4 heteroatoms. The van der Waals surface area contributed by atoms with Crippen molar-refractivity contribution in [2.45, 2.75) is 32.2 Å². The van der Waals surface area contributed by atoms with Gasteiger partial charge in [-0.2, -0.15) is 0 Å². The second-order valence-corrected chi connectivity index (χ2v) is 6.84. The highest BCUT2D eigenvalue weighted by atomic mass is 79.9. The van der Waals surface area contributed by atoms with Gasteiger partial charge >= 0.3 is 0 Å². The van der Waals surface area contributed by atoms with Gasteiger partial charge in [0.05, 0.1) is 0 Å². The highest BCUT2D eigenvalue weighted by Crippen LogP contribution is 2.33. The molecule has 1 saturated heterocycles. The van der Waals surface area contributed by atoms with Crippen LogP contribution in [0.5, 0.6) is 0 Å². The van der Waals surface area contributed by atoms with E-state index >= 15 is 0 Å². The Kier molecular flexibility index (Phi) is 6.33. The Morgan fingerprint density at radius 2 is 2.05 bits per heavy atom. The molecule has 0 amide bonds. The molecule has 1 heterocycles. The van der Waals surface area contributed by atoms with E-state index in [1.165, 1.54) is 29.3 Å². The zero-order valence-corrected chi connectivity index (χ0v) is 14.5. The van der Waals surface area contributed by atoms with Crippen molar-refractivity contribution in [1.82, 2.24) is 5.32 Å². The van der Waals surface area contributed by atoms with Crippen LogP contribution in [0.15, 0.2) is 27.1 Å². The molecule has 0 bridgehead atoms. The van der Waals surface area contributed by atoms with Crippen LogP contribution < -0.4 is 5.32 Å². The molecule has 1 fully saturated rings. The fourth-order valence-electron chi connectivity index (χ4n) is 2.66. The van der Waals surface area contributed by atoms with E-state index in [1.807, 2.05) is 0 Å². The first kappa shape index (κ1) is 15.5. The second-order valence-electron chi connectivity index (χ2n) is 5.07. The lowest BCUT2D eigenvalue weighted by molar-refractivity contribution is 0.0605. The highest BCUT2D eigenvalue weighted by Gasteiger charge is 2.21. The van der Waals surface area contributed by atoms with Crippen molar-refractivity contribution in [3.63, 3.8) is 0 Å². The minimum atomic E-state index is 0.417. The lowest BCUT2D eigenvalue weighted by Gasteiger charge is -2.28. The van der Waals surface area contributed by atoms with Crippen LogP contribution in [0.1, 0.15) is 37.8 Å². The lowest BCUT2D eigenvalue weighted by Crippen LogP contribution is -2.26. The lowest BCUT2D eigenvalue weighted by atomic mass is 9.89. The van der Waals surface area contributed by atoms with E-state index in [-0.39, 0.29) is 0 Å². The molecule has 2 rings (SSSR count). The summed E-state index contributed by atoms with van der Waals surface area (Å²) in [5.74, 6) is 0.767. The molecule has 1 unspecified atom stereocenters. The molecule has 106 valence electrons. The van der Waals surface area contributed by atoms with Gasteiger partial charge in [-0.1, -0.05) is 38.8 Å². The molecule has 2 nitrogen and oxygen atoms in total. The average molecular weight is 391 g/mol. The van der Waals surface area contributed by atoms with Crippen LogP contribution in [0.4, 0.5) is 0 Å². The minimum absolute atomic E-state index is 0.417. The summed E-state index contributed by atoms with van der Waals surface area (Å²) >= 11 is 7.25. The number of ether oxygens (including phenoxy) is 1. The summed E-state index contributed by atoms with van der Waals surface area (Å²) in [4.78, 5) is 0. The minimum Gasteiger partial charge on any atom is -0.381 e. The van der Waals surface area contributed by atoms with Gasteiger partial charge in [-0.05, 0) is 55.5 Å². The molecular weight excluding hydrogens is 370 g/mol. The Morgan fingerprint density at radius 1 is 1.32 bits per heavy atom. The Morgan fingerprint density at radius 3 is 2.74 bits per heavy atom. The standard InChI is InChI=1S/C15H21Br2NO/c1-2-18-15(9-11-5-7-19-8-6-11)13-10-12(16)3-4-14(13)17/h3-4,10-11,15,18H,2,5-9H2,1H3. The van der Waals surface area contributed by atoms with Crippen LogP contribution in [0.3, 0.4) is 0 Å². The number of benzene rings is 1. The van der Waals surface area contributed by atoms with Crippen molar-refractivity contribution in [2.24, 2.45) is 5.92 Å². The summed E-state index contributed by atoms with van der Waals surface area (Å²) in [6.07, 6.45) is 3.56. The van der Waals surface area contributed by atoms with E-state index in [0.29, 0.717) is 6.04 Å². The predicted octanol–water partition coefficient (Wildman–Crippen LogP) is 4.68. The molecule has 0 radical (unpaired) electrons. The first-order valence-electron chi connectivity index (χ1n) is 6.96. The van der Waals surface area contributed by atoms with Gasteiger partial charge in [-0.15, -0.1) is 0 Å². The molecule has 0 aliphatic carbocycles. The third-order valence-corrected chi connectivity index (χ3v) is 4.91. The predicted molar refractivity (Wildman–Crippen MR) is 86.4 cm³/mol. The fraction of sp³-hybridized carbons (Fsp3) is 0.600. The monoisotopic (exact) mass is 389 g/mol. The molecule has 0 spiro atoms. The first-order chi connectivity index (χ1) is 9.20. The third kappa shape index (κ3) is 4.55. The van der Waals surface area contributed by atoms with Gasteiger partial charge in [-0.25, -0.2) is 0 Å². The molecule has 19 heavy (non-hydrogen) atoms. The maximum atomic E-state index is 5.45. The quantitative estimate of drug-likeness (QED) is 0.787. The Balaban J connectivity index is 2.11. The zero-order chi connectivity index (χ0) is 13.7. The normalized spacial score (nSPS) is 18.5. The van der Waals surface area contributed by atoms with Crippen molar-refractivity contribution in [1.29, 1.82) is 0 Å². The van der Waals surface area contributed by atoms with Crippen LogP contribution in [0.2, 0.25) is 0 Å². The van der Waals surface area contributed by atoms with Crippen molar-refractivity contribution in [2.75, 3.05) is 19.8 Å². The molecule has 1 aromatic carbocycles. The van der Waals surface area contributed by atoms with Crippen molar-refractivity contribution >= 4 is 31.9 Å². The van der Waals surface area contributed by atoms with Crippen LogP contribution in [-0.4, -0.2) is 19.8 Å². The van der Waals surface area contributed by atoms with Gasteiger partial charge < -0.3 is 10.1 Å². The number of nitrogens with one attached hydrogen (secondary N) is 1. The van der Waals surface area contributed by atoms with Crippen molar-refractivity contribution in [3.8, 4) is 0 Å². The number of hydrogen-bond acceptors (Lipinski definition) is 2. The van der Waals surface area contributed by atoms with E-state index < -0.39 is 0 Å². The molecule has 1 aliphatic heterocycles. The molecule has 1 aliphatic rings. The average Bonchev–Trinajstić information content (AvgIpc) is 2.42. The second kappa shape index (κ2) is 7.77. The number of halogens is 2. The summed E-state index contributed by atoms with van der Waals surface area (Å²) in [5.41, 5.74) is 1.35. The van der Waals surface area contributed by atoms with Gasteiger partial charge in [0.2, 0.25) is 0 Å². The maximum absolute atomic E-state index is 5.45. The van der Waals surface area contributed by atoms with E-state index in [9.17, 15) is 0 Å². The van der Waals surface area contributed by atoms with Gasteiger partial charge in [0.25, 0.3) is 0 Å². The van der Waals surface area contributed by atoms with Crippen LogP contribution in [0, 0.1) is 5.92 Å². The summed E-state index contributed by atoms with van der Waals surface area (Å²) in [7, 11) is 0. The van der Waals surface area contributed by atoms with E-state index in [1.54, 1.807) is 0 Å². The van der Waals surface area contributed by atoms with Gasteiger partial charge in [0, 0.05) is 28.2 Å². The fourth-order valence-corrected chi connectivity index (χ4v) is 3.57. The van der Waals surface area contributed by atoms with E-state index in [0.717, 1.165) is 30.1 Å². The summed E-state index contributed by atoms with van der Waals surface area (Å²) in [5, 5.41) is 3.62. The van der Waals surface area contributed by atoms with E-state index in [2.05, 4.69) is 62.3 Å². The summed E-state index contributed by atoms with van der Waals surface area (Å²) in [6.45, 7) is 5.00. The SMILES string of the molecule is CCNC(CC1CCOCC1)c1cc(Br)ccc1Br. The summed E-state index contributed by atoms with van der Waals surface area (Å²) < 4.78 is 7.78. The Labute approximate surface area is 132 Å². The topological polar surface area (TPSA) is 21.3 Å². The highest BCUT2D eigenvalue weighted by molar-refractivity contribution is 9.11. The van der Waals surface area contributed by atoms with Crippen LogP contribution >= 0.6 is 31.9 Å². The molecule has 0 saturated carbocycles. The number of rotatable bonds is 5.